The molecule has 8 heteroatoms. The Hall–Kier alpha value is -2.03. The minimum atomic E-state index is -0.494. The molecule has 154 valence electrons. The number of ether oxygens (including phenoxy) is 1. The Balaban J connectivity index is 1.46. The van der Waals surface area contributed by atoms with E-state index in [0.717, 1.165) is 26.2 Å². The number of nitrogens with one attached hydrogen (secondary N) is 1. The number of piperazine rings is 1. The van der Waals surface area contributed by atoms with Crippen molar-refractivity contribution in [3.05, 3.63) is 30.1 Å². The van der Waals surface area contributed by atoms with Gasteiger partial charge in [0, 0.05) is 38.1 Å². The third-order valence-electron chi connectivity index (χ3n) is 5.47. The number of aliphatic hydroxyl groups is 1. The third kappa shape index (κ3) is 5.73. The third-order valence-corrected chi connectivity index (χ3v) is 5.47. The lowest BCUT2D eigenvalue weighted by Crippen LogP contribution is -2.52. The first kappa shape index (κ1) is 20.7. The summed E-state index contributed by atoms with van der Waals surface area (Å²) in [7, 11) is 2.06. The maximum absolute atomic E-state index is 12.5. The molecule has 0 aromatic carbocycles. The van der Waals surface area contributed by atoms with Crippen LogP contribution in [0.15, 0.2) is 24.4 Å². The molecule has 2 N–H and O–H groups in total. The summed E-state index contributed by atoms with van der Waals surface area (Å²) in [5.74, 6) is -0.0369. The smallest absolute Gasteiger partial charge is 0.226 e. The number of carbonyl (C=O) groups is 2. The van der Waals surface area contributed by atoms with Crippen LogP contribution in [0.1, 0.15) is 25.0 Å². The molecule has 2 amide bonds. The number of amides is 2. The predicted molar refractivity (Wildman–Crippen MR) is 104 cm³/mol. The van der Waals surface area contributed by atoms with Crippen LogP contribution in [-0.2, 0) is 20.7 Å². The van der Waals surface area contributed by atoms with E-state index in [9.17, 15) is 14.7 Å². The topological polar surface area (TPSA) is 95.0 Å². The molecule has 28 heavy (non-hydrogen) atoms. The van der Waals surface area contributed by atoms with Crippen LogP contribution in [0.2, 0.25) is 0 Å². The molecular formula is C20H30N4O4. The SMILES string of the molecule is CN1CCN(C(=O)C[C@H]2CC[C@H](NC(=O)Cc3ccccn3)[C@@H](CO)O2)CC1. The molecule has 0 saturated carbocycles. The van der Waals surface area contributed by atoms with E-state index in [-0.39, 0.29) is 37.0 Å². The minimum Gasteiger partial charge on any atom is -0.394 e. The zero-order chi connectivity index (χ0) is 19.9. The van der Waals surface area contributed by atoms with Gasteiger partial charge in [-0.15, -0.1) is 0 Å². The van der Waals surface area contributed by atoms with Gasteiger partial charge < -0.3 is 25.0 Å². The van der Waals surface area contributed by atoms with Crippen molar-refractivity contribution >= 4 is 11.8 Å². The molecule has 3 atom stereocenters. The first-order valence-corrected chi connectivity index (χ1v) is 9.97. The van der Waals surface area contributed by atoms with Gasteiger partial charge in [0.15, 0.2) is 0 Å². The van der Waals surface area contributed by atoms with Crippen molar-refractivity contribution in [2.24, 2.45) is 0 Å². The molecule has 8 nitrogen and oxygen atoms in total. The first-order valence-electron chi connectivity index (χ1n) is 9.97. The van der Waals surface area contributed by atoms with Crippen LogP contribution in [0, 0.1) is 0 Å². The number of pyridine rings is 1. The number of rotatable bonds is 6. The highest BCUT2D eigenvalue weighted by atomic mass is 16.5. The van der Waals surface area contributed by atoms with Crippen LogP contribution in [0.5, 0.6) is 0 Å². The highest BCUT2D eigenvalue weighted by molar-refractivity contribution is 5.78. The highest BCUT2D eigenvalue weighted by Crippen LogP contribution is 2.23. The van der Waals surface area contributed by atoms with E-state index >= 15 is 0 Å². The largest absolute Gasteiger partial charge is 0.394 e. The molecule has 2 aliphatic heterocycles. The van der Waals surface area contributed by atoms with E-state index in [1.807, 2.05) is 17.0 Å². The Morgan fingerprint density at radius 1 is 1.25 bits per heavy atom. The number of carbonyl (C=O) groups excluding carboxylic acids is 2. The van der Waals surface area contributed by atoms with Crippen LogP contribution in [-0.4, -0.2) is 89.8 Å². The lowest BCUT2D eigenvalue weighted by atomic mass is 9.96. The number of hydrogen-bond acceptors (Lipinski definition) is 6. The lowest BCUT2D eigenvalue weighted by Gasteiger charge is -2.37. The average molecular weight is 390 g/mol. The van der Waals surface area contributed by atoms with Gasteiger partial charge in [-0.2, -0.15) is 0 Å². The van der Waals surface area contributed by atoms with Gasteiger partial charge in [-0.25, -0.2) is 0 Å². The summed E-state index contributed by atoms with van der Waals surface area (Å²) < 4.78 is 5.94. The zero-order valence-electron chi connectivity index (χ0n) is 16.4. The molecule has 0 unspecified atom stereocenters. The second kappa shape index (κ2) is 9.95. The minimum absolute atomic E-state index is 0.104. The maximum Gasteiger partial charge on any atom is 0.226 e. The standard InChI is InChI=1S/C20H30N4O4/c1-23-8-10-24(11-9-23)20(27)13-16-5-6-17(18(14-25)28-16)22-19(26)12-15-4-2-3-7-21-15/h2-4,7,16-18,25H,5-6,8-14H2,1H3,(H,22,26)/t16-,17+,18-/m1/s1. The van der Waals surface area contributed by atoms with Crippen molar-refractivity contribution in [1.82, 2.24) is 20.1 Å². The molecule has 0 spiro atoms. The fraction of sp³-hybridized carbons (Fsp3) is 0.650. The summed E-state index contributed by atoms with van der Waals surface area (Å²) in [5.41, 5.74) is 0.702. The van der Waals surface area contributed by atoms with Gasteiger partial charge in [-0.3, -0.25) is 14.6 Å². The van der Waals surface area contributed by atoms with Crippen molar-refractivity contribution in [2.75, 3.05) is 39.8 Å². The van der Waals surface area contributed by atoms with Gasteiger partial charge in [-0.05, 0) is 32.0 Å². The number of likely N-dealkylation sites (N-methyl/N-ethyl adjacent to an activating group) is 1. The Labute approximate surface area is 165 Å². The van der Waals surface area contributed by atoms with E-state index in [0.29, 0.717) is 25.0 Å². The van der Waals surface area contributed by atoms with Gasteiger partial charge in [0.05, 0.1) is 31.6 Å². The summed E-state index contributed by atoms with van der Waals surface area (Å²) in [6.45, 7) is 3.09. The molecule has 2 fully saturated rings. The molecule has 0 aliphatic carbocycles. The lowest BCUT2D eigenvalue weighted by molar-refractivity contribution is -0.143. The van der Waals surface area contributed by atoms with Crippen LogP contribution < -0.4 is 5.32 Å². The molecule has 3 heterocycles. The Morgan fingerprint density at radius 2 is 2.04 bits per heavy atom. The monoisotopic (exact) mass is 390 g/mol. The van der Waals surface area contributed by atoms with Gasteiger partial charge >= 0.3 is 0 Å². The number of hydrogen-bond donors (Lipinski definition) is 2. The summed E-state index contributed by atoms with van der Waals surface area (Å²) >= 11 is 0. The van der Waals surface area contributed by atoms with Crippen molar-refractivity contribution in [3.63, 3.8) is 0 Å². The Kier molecular flexibility index (Phi) is 7.36. The van der Waals surface area contributed by atoms with Gasteiger partial charge in [0.25, 0.3) is 0 Å². The van der Waals surface area contributed by atoms with Crippen LogP contribution in [0.4, 0.5) is 0 Å². The summed E-state index contributed by atoms with van der Waals surface area (Å²) in [6, 6.07) is 5.20. The van der Waals surface area contributed by atoms with Crippen molar-refractivity contribution in [3.8, 4) is 0 Å². The van der Waals surface area contributed by atoms with Crippen molar-refractivity contribution in [2.45, 2.75) is 43.9 Å². The molecule has 2 aliphatic rings. The first-order chi connectivity index (χ1) is 13.5. The van der Waals surface area contributed by atoms with Gasteiger partial charge in [0.1, 0.15) is 6.10 Å². The second-order valence-electron chi connectivity index (χ2n) is 7.62. The molecular weight excluding hydrogens is 360 g/mol. The van der Waals surface area contributed by atoms with E-state index in [1.165, 1.54) is 0 Å². The van der Waals surface area contributed by atoms with Gasteiger partial charge in [-0.1, -0.05) is 6.07 Å². The predicted octanol–water partition coefficient (Wildman–Crippen LogP) is -0.187. The van der Waals surface area contributed by atoms with E-state index in [2.05, 4.69) is 22.2 Å². The zero-order valence-corrected chi connectivity index (χ0v) is 16.4. The van der Waals surface area contributed by atoms with Crippen LogP contribution in [0.25, 0.3) is 0 Å². The van der Waals surface area contributed by atoms with Gasteiger partial charge in [0.2, 0.25) is 11.8 Å². The normalized spacial score (nSPS) is 26.1. The Bertz CT molecular complexity index is 649. The fourth-order valence-corrected chi connectivity index (χ4v) is 3.75. The number of aromatic nitrogens is 1. The van der Waals surface area contributed by atoms with Crippen molar-refractivity contribution < 1.29 is 19.4 Å². The maximum atomic E-state index is 12.5. The molecule has 1 aromatic heterocycles. The number of nitrogens with zero attached hydrogens (tertiary/aromatic N) is 3. The van der Waals surface area contributed by atoms with E-state index < -0.39 is 6.10 Å². The summed E-state index contributed by atoms with van der Waals surface area (Å²) in [6.07, 6.45) is 2.84. The molecule has 0 bridgehead atoms. The highest BCUT2D eigenvalue weighted by Gasteiger charge is 2.33. The number of aliphatic hydroxyl groups excluding tert-OH is 1. The second-order valence-corrected chi connectivity index (χ2v) is 7.62. The summed E-state index contributed by atoms with van der Waals surface area (Å²) in [4.78, 5) is 33.1. The Morgan fingerprint density at radius 3 is 2.71 bits per heavy atom. The van der Waals surface area contributed by atoms with Crippen LogP contribution in [0.3, 0.4) is 0 Å². The van der Waals surface area contributed by atoms with Crippen LogP contribution >= 0.6 is 0 Å². The fourth-order valence-electron chi connectivity index (χ4n) is 3.75. The summed E-state index contributed by atoms with van der Waals surface area (Å²) in [5, 5.41) is 12.7. The average Bonchev–Trinajstić information content (AvgIpc) is 2.70. The molecule has 3 rings (SSSR count). The van der Waals surface area contributed by atoms with E-state index in [4.69, 9.17) is 4.74 Å². The molecule has 1 aromatic rings. The van der Waals surface area contributed by atoms with E-state index in [1.54, 1.807) is 12.3 Å². The van der Waals surface area contributed by atoms with Crippen molar-refractivity contribution in [1.29, 1.82) is 0 Å². The quantitative estimate of drug-likeness (QED) is 0.699. The molecule has 0 radical (unpaired) electrons. The molecule has 2 saturated heterocycles.